The van der Waals surface area contributed by atoms with Crippen molar-refractivity contribution in [2.75, 3.05) is 19.8 Å². The van der Waals surface area contributed by atoms with E-state index < -0.39 is 0 Å². The predicted octanol–water partition coefficient (Wildman–Crippen LogP) is 3.31. The van der Waals surface area contributed by atoms with Crippen molar-refractivity contribution in [2.45, 2.75) is 58.3 Å². The van der Waals surface area contributed by atoms with Crippen LogP contribution in [0.3, 0.4) is 0 Å². The molecule has 0 radical (unpaired) electrons. The van der Waals surface area contributed by atoms with Crippen molar-refractivity contribution in [1.29, 1.82) is 0 Å². The van der Waals surface area contributed by atoms with Gasteiger partial charge in [-0.3, -0.25) is 0 Å². The number of hydrogen-bond acceptors (Lipinski definition) is 3. The summed E-state index contributed by atoms with van der Waals surface area (Å²) < 4.78 is 11.4. The Bertz CT molecular complexity index is 383. The first-order chi connectivity index (χ1) is 10.2. The van der Waals surface area contributed by atoms with Crippen LogP contribution in [0.1, 0.15) is 44.2 Å². The van der Waals surface area contributed by atoms with Crippen LogP contribution in [0.5, 0.6) is 0 Å². The molecule has 21 heavy (non-hydrogen) atoms. The van der Waals surface area contributed by atoms with Crippen LogP contribution in [-0.4, -0.2) is 31.9 Å². The summed E-state index contributed by atoms with van der Waals surface area (Å²) in [5, 5.41) is 3.44. The summed E-state index contributed by atoms with van der Waals surface area (Å²) >= 11 is 0. The Kier molecular flexibility index (Phi) is 7.20. The lowest BCUT2D eigenvalue weighted by Gasteiger charge is -2.22. The number of hydrogen-bond donors (Lipinski definition) is 1. The maximum absolute atomic E-state index is 5.77. The largest absolute Gasteiger partial charge is 0.376 e. The van der Waals surface area contributed by atoms with E-state index in [1.807, 2.05) is 0 Å². The SMILES string of the molecule is CC(C)NCCc1ccc(COCC2CCCCO2)cc1. The second-order valence-electron chi connectivity index (χ2n) is 6.18. The Morgan fingerprint density at radius 3 is 2.62 bits per heavy atom. The van der Waals surface area contributed by atoms with Gasteiger partial charge < -0.3 is 14.8 Å². The normalized spacial score (nSPS) is 19.1. The summed E-state index contributed by atoms with van der Waals surface area (Å²) in [5.74, 6) is 0. The van der Waals surface area contributed by atoms with E-state index in [2.05, 4.69) is 43.4 Å². The molecule has 3 heteroatoms. The van der Waals surface area contributed by atoms with Crippen molar-refractivity contribution in [3.63, 3.8) is 0 Å². The second-order valence-corrected chi connectivity index (χ2v) is 6.18. The summed E-state index contributed by atoms with van der Waals surface area (Å²) in [6, 6.07) is 9.31. The van der Waals surface area contributed by atoms with Gasteiger partial charge in [0.1, 0.15) is 0 Å². The maximum Gasteiger partial charge on any atom is 0.0808 e. The van der Waals surface area contributed by atoms with Crippen LogP contribution >= 0.6 is 0 Å². The lowest BCUT2D eigenvalue weighted by atomic mass is 10.1. The smallest absolute Gasteiger partial charge is 0.0808 e. The van der Waals surface area contributed by atoms with Gasteiger partial charge in [-0.1, -0.05) is 38.1 Å². The van der Waals surface area contributed by atoms with Crippen LogP contribution in [0, 0.1) is 0 Å². The number of benzene rings is 1. The molecule has 1 aliphatic heterocycles. The molecule has 1 atom stereocenters. The summed E-state index contributed by atoms with van der Waals surface area (Å²) in [5.41, 5.74) is 2.62. The fraction of sp³-hybridized carbons (Fsp3) is 0.667. The van der Waals surface area contributed by atoms with Gasteiger partial charge in [0.15, 0.2) is 0 Å². The van der Waals surface area contributed by atoms with Crippen molar-refractivity contribution in [3.8, 4) is 0 Å². The minimum absolute atomic E-state index is 0.306. The van der Waals surface area contributed by atoms with Crippen LogP contribution in [0.2, 0.25) is 0 Å². The third-order valence-corrected chi connectivity index (χ3v) is 3.84. The molecule has 1 aliphatic rings. The summed E-state index contributed by atoms with van der Waals surface area (Å²) in [7, 11) is 0. The summed E-state index contributed by atoms with van der Waals surface area (Å²) in [6.07, 6.45) is 4.99. The van der Waals surface area contributed by atoms with E-state index in [4.69, 9.17) is 9.47 Å². The average Bonchev–Trinajstić information content (AvgIpc) is 2.50. The van der Waals surface area contributed by atoms with Crippen LogP contribution in [0.4, 0.5) is 0 Å². The van der Waals surface area contributed by atoms with Crippen LogP contribution in [0.25, 0.3) is 0 Å². The first-order valence-corrected chi connectivity index (χ1v) is 8.24. The van der Waals surface area contributed by atoms with E-state index in [0.717, 1.165) is 32.6 Å². The molecule has 0 aromatic heterocycles. The molecule has 2 rings (SSSR count). The van der Waals surface area contributed by atoms with Gasteiger partial charge in [-0.05, 0) is 43.4 Å². The van der Waals surface area contributed by atoms with Gasteiger partial charge in [-0.15, -0.1) is 0 Å². The Balaban J connectivity index is 1.64. The molecular formula is C18H29NO2. The summed E-state index contributed by atoms with van der Waals surface area (Å²) in [4.78, 5) is 0. The minimum atomic E-state index is 0.306. The van der Waals surface area contributed by atoms with E-state index >= 15 is 0 Å². The van der Waals surface area contributed by atoms with Crippen LogP contribution in [0.15, 0.2) is 24.3 Å². The molecule has 1 N–H and O–H groups in total. The standard InChI is InChI=1S/C18H29NO2/c1-15(2)19-11-10-16-6-8-17(9-7-16)13-20-14-18-5-3-4-12-21-18/h6-9,15,18-19H,3-5,10-14H2,1-2H3. The lowest BCUT2D eigenvalue weighted by Crippen LogP contribution is -2.25. The Hall–Kier alpha value is -0.900. The Labute approximate surface area is 129 Å². The Morgan fingerprint density at radius 1 is 1.19 bits per heavy atom. The van der Waals surface area contributed by atoms with Gasteiger partial charge in [-0.25, -0.2) is 0 Å². The lowest BCUT2D eigenvalue weighted by molar-refractivity contribution is -0.0447. The molecular weight excluding hydrogens is 262 g/mol. The van der Waals surface area contributed by atoms with Crippen molar-refractivity contribution in [1.82, 2.24) is 5.32 Å². The zero-order valence-electron chi connectivity index (χ0n) is 13.4. The van der Waals surface area contributed by atoms with E-state index in [1.165, 1.54) is 24.0 Å². The molecule has 1 fully saturated rings. The van der Waals surface area contributed by atoms with E-state index in [-0.39, 0.29) is 0 Å². The van der Waals surface area contributed by atoms with Crippen LogP contribution in [-0.2, 0) is 22.5 Å². The van der Waals surface area contributed by atoms with E-state index in [1.54, 1.807) is 0 Å². The van der Waals surface area contributed by atoms with Crippen molar-refractivity contribution >= 4 is 0 Å². The molecule has 1 saturated heterocycles. The molecule has 3 nitrogen and oxygen atoms in total. The number of ether oxygens (including phenoxy) is 2. The first-order valence-electron chi connectivity index (χ1n) is 8.24. The highest BCUT2D eigenvalue weighted by Gasteiger charge is 2.13. The van der Waals surface area contributed by atoms with Crippen molar-refractivity contribution < 1.29 is 9.47 Å². The Morgan fingerprint density at radius 2 is 1.95 bits per heavy atom. The fourth-order valence-corrected chi connectivity index (χ4v) is 2.55. The zero-order chi connectivity index (χ0) is 14.9. The molecule has 118 valence electrons. The molecule has 0 spiro atoms. The van der Waals surface area contributed by atoms with E-state index in [0.29, 0.717) is 18.8 Å². The molecule has 0 aliphatic carbocycles. The van der Waals surface area contributed by atoms with Gasteiger partial charge in [0.05, 0.1) is 19.3 Å². The topological polar surface area (TPSA) is 30.5 Å². The first kappa shape index (κ1) is 16.5. The monoisotopic (exact) mass is 291 g/mol. The zero-order valence-corrected chi connectivity index (χ0v) is 13.4. The highest BCUT2D eigenvalue weighted by Crippen LogP contribution is 2.14. The van der Waals surface area contributed by atoms with Crippen molar-refractivity contribution in [2.24, 2.45) is 0 Å². The van der Waals surface area contributed by atoms with Crippen LogP contribution < -0.4 is 5.32 Å². The highest BCUT2D eigenvalue weighted by molar-refractivity contribution is 5.22. The van der Waals surface area contributed by atoms with E-state index in [9.17, 15) is 0 Å². The molecule has 1 heterocycles. The third-order valence-electron chi connectivity index (χ3n) is 3.84. The van der Waals surface area contributed by atoms with Gasteiger partial charge in [0.25, 0.3) is 0 Å². The number of nitrogens with one attached hydrogen (secondary N) is 1. The second kappa shape index (κ2) is 9.19. The molecule has 0 saturated carbocycles. The quantitative estimate of drug-likeness (QED) is 0.797. The maximum atomic E-state index is 5.77. The third kappa shape index (κ3) is 6.60. The van der Waals surface area contributed by atoms with Gasteiger partial charge in [-0.2, -0.15) is 0 Å². The van der Waals surface area contributed by atoms with Gasteiger partial charge in [0.2, 0.25) is 0 Å². The molecule has 0 amide bonds. The number of rotatable bonds is 8. The minimum Gasteiger partial charge on any atom is -0.376 e. The molecule has 0 bridgehead atoms. The predicted molar refractivity (Wildman–Crippen MR) is 86.5 cm³/mol. The summed E-state index contributed by atoms with van der Waals surface area (Å²) in [6.45, 7) is 7.69. The molecule has 1 unspecified atom stereocenters. The van der Waals surface area contributed by atoms with Gasteiger partial charge in [0, 0.05) is 12.6 Å². The van der Waals surface area contributed by atoms with Crippen molar-refractivity contribution in [3.05, 3.63) is 35.4 Å². The molecule has 1 aromatic carbocycles. The average molecular weight is 291 g/mol. The van der Waals surface area contributed by atoms with Gasteiger partial charge >= 0.3 is 0 Å². The highest BCUT2D eigenvalue weighted by atomic mass is 16.5. The molecule has 1 aromatic rings. The fourth-order valence-electron chi connectivity index (χ4n) is 2.55.